The summed E-state index contributed by atoms with van der Waals surface area (Å²) in [6.45, 7) is 5.87. The van der Waals surface area contributed by atoms with Gasteiger partial charge in [0, 0.05) is 24.3 Å². The molecule has 0 saturated heterocycles. The van der Waals surface area contributed by atoms with E-state index < -0.39 is 16.1 Å². The van der Waals surface area contributed by atoms with E-state index in [9.17, 15) is 8.42 Å². The zero-order valence-electron chi connectivity index (χ0n) is 18.1. The quantitative estimate of drug-likeness (QED) is 0.359. The fraction of sp³-hybridized carbons (Fsp3) is 0.238. The monoisotopic (exact) mass is 483 g/mol. The lowest BCUT2D eigenvalue weighted by Gasteiger charge is -2.16. The Kier molecular flexibility index (Phi) is 5.35. The van der Waals surface area contributed by atoms with Crippen LogP contribution in [0.1, 0.15) is 31.3 Å². The summed E-state index contributed by atoms with van der Waals surface area (Å²) in [4.78, 5) is 3.27. The lowest BCUT2D eigenvalue weighted by Crippen LogP contribution is -2.29. The van der Waals surface area contributed by atoms with Crippen LogP contribution in [0.25, 0.3) is 21.9 Å². The second-order valence-electron chi connectivity index (χ2n) is 7.60. The van der Waals surface area contributed by atoms with E-state index in [1.165, 1.54) is 0 Å². The minimum absolute atomic E-state index is 0.124. The number of aryl methyl sites for hydroxylation is 1. The Balaban J connectivity index is 1.44. The van der Waals surface area contributed by atoms with Gasteiger partial charge in [-0.15, -0.1) is 5.10 Å². The Morgan fingerprint density at radius 3 is 2.85 bits per heavy atom. The number of rotatable bonds is 7. The molecule has 10 nitrogen and oxygen atoms in total. The summed E-state index contributed by atoms with van der Waals surface area (Å²) in [5, 5.41) is 9.45. The summed E-state index contributed by atoms with van der Waals surface area (Å²) in [5.41, 5.74) is 2.44. The van der Waals surface area contributed by atoms with Gasteiger partial charge in [-0.3, -0.25) is 4.57 Å². The topological polar surface area (TPSA) is 128 Å². The van der Waals surface area contributed by atoms with Gasteiger partial charge in [0.25, 0.3) is 0 Å². The average molecular weight is 484 g/mol. The van der Waals surface area contributed by atoms with Gasteiger partial charge in [0.1, 0.15) is 21.7 Å². The Morgan fingerprint density at radius 2 is 2.03 bits per heavy atom. The van der Waals surface area contributed by atoms with E-state index in [4.69, 9.17) is 4.74 Å². The number of ether oxygens (including phenoxy) is 1. The van der Waals surface area contributed by atoms with Gasteiger partial charge in [-0.05, 0) is 56.0 Å². The molecule has 170 valence electrons. The minimum Gasteiger partial charge on any atom is -0.424 e. The van der Waals surface area contributed by atoms with Crippen molar-refractivity contribution in [2.75, 3.05) is 0 Å². The van der Waals surface area contributed by atoms with Crippen molar-refractivity contribution in [1.82, 2.24) is 33.2 Å². The van der Waals surface area contributed by atoms with Crippen molar-refractivity contribution in [3.05, 3.63) is 54.0 Å². The first-order valence-electron chi connectivity index (χ1n) is 10.3. The molecule has 2 aromatic carbocycles. The minimum atomic E-state index is -3.90. The molecule has 2 N–H and O–H groups in total. The Hall–Kier alpha value is -3.35. The van der Waals surface area contributed by atoms with Crippen molar-refractivity contribution >= 4 is 43.7 Å². The largest absolute Gasteiger partial charge is 0.424 e. The third-order valence-electron chi connectivity index (χ3n) is 5.36. The van der Waals surface area contributed by atoms with Crippen molar-refractivity contribution in [3.63, 3.8) is 0 Å². The molecule has 3 heterocycles. The van der Waals surface area contributed by atoms with Crippen LogP contribution >= 0.6 is 11.7 Å². The first-order chi connectivity index (χ1) is 15.9. The van der Waals surface area contributed by atoms with Crippen LogP contribution in [0.2, 0.25) is 0 Å². The summed E-state index contributed by atoms with van der Waals surface area (Å²) in [7, 11) is -3.90. The molecule has 0 radical (unpaired) electrons. The second-order valence-corrected chi connectivity index (χ2v) is 9.78. The number of nitrogens with zero attached hydrogens (tertiary/aromatic N) is 5. The summed E-state index contributed by atoms with van der Waals surface area (Å²) in [6, 6.07) is 10.8. The predicted molar refractivity (Wildman–Crippen MR) is 125 cm³/mol. The molecule has 0 bridgehead atoms. The summed E-state index contributed by atoms with van der Waals surface area (Å²) in [6.07, 6.45) is 1.86. The summed E-state index contributed by atoms with van der Waals surface area (Å²) >= 11 is 0.981. The molecule has 0 aliphatic heterocycles. The maximum absolute atomic E-state index is 13.3. The van der Waals surface area contributed by atoms with Crippen LogP contribution in [0.5, 0.6) is 11.8 Å². The van der Waals surface area contributed by atoms with Crippen LogP contribution in [-0.2, 0) is 16.6 Å². The van der Waals surface area contributed by atoms with E-state index in [0.29, 0.717) is 34.7 Å². The van der Waals surface area contributed by atoms with E-state index in [1.54, 1.807) is 30.5 Å². The van der Waals surface area contributed by atoms with Crippen molar-refractivity contribution in [3.8, 4) is 11.8 Å². The van der Waals surface area contributed by atoms with Gasteiger partial charge in [-0.2, -0.15) is 8.75 Å². The third kappa shape index (κ3) is 3.86. The second kappa shape index (κ2) is 8.21. The molecule has 5 aromatic rings. The van der Waals surface area contributed by atoms with Crippen molar-refractivity contribution in [1.29, 1.82) is 0 Å². The van der Waals surface area contributed by atoms with Gasteiger partial charge in [0.05, 0.1) is 17.8 Å². The highest BCUT2D eigenvalue weighted by atomic mass is 32.2. The molecule has 12 heteroatoms. The van der Waals surface area contributed by atoms with E-state index >= 15 is 0 Å². The molecule has 0 amide bonds. The number of hydrogen-bond acceptors (Lipinski definition) is 8. The smallest absolute Gasteiger partial charge is 0.322 e. The molecule has 0 saturated carbocycles. The zero-order valence-corrected chi connectivity index (χ0v) is 19.7. The number of hydrogen-bond donors (Lipinski definition) is 2. The van der Waals surface area contributed by atoms with Gasteiger partial charge in [0.15, 0.2) is 5.82 Å². The standard InChI is InChI=1S/C21H21N7O3S2/c1-4-28-20(23-24-21(28)31-15-7-6-14-9-10-22-17(14)11-15)13(3)27-33(29,30)19-12(2)5-8-16-18(19)26-32-25-16/h5-11,13,22,27H,4H2,1-3H3/t13-/m1/s1. The molecule has 0 fully saturated rings. The van der Waals surface area contributed by atoms with Crippen molar-refractivity contribution in [2.45, 2.75) is 38.3 Å². The highest BCUT2D eigenvalue weighted by Gasteiger charge is 2.27. The first-order valence-corrected chi connectivity index (χ1v) is 12.5. The number of sulfonamides is 1. The van der Waals surface area contributed by atoms with Crippen LogP contribution in [0.4, 0.5) is 0 Å². The van der Waals surface area contributed by atoms with E-state index in [1.807, 2.05) is 37.4 Å². The molecule has 0 aliphatic carbocycles. The maximum atomic E-state index is 13.3. The predicted octanol–water partition coefficient (Wildman–Crippen LogP) is 3.92. The Bertz CT molecular complexity index is 1570. The Morgan fingerprint density at radius 1 is 1.18 bits per heavy atom. The van der Waals surface area contributed by atoms with Gasteiger partial charge in [-0.1, -0.05) is 11.2 Å². The van der Waals surface area contributed by atoms with E-state index in [0.717, 1.165) is 22.6 Å². The molecular formula is C21H21N7O3S2. The average Bonchev–Trinajstić information content (AvgIpc) is 3.51. The molecule has 33 heavy (non-hydrogen) atoms. The molecule has 0 unspecified atom stereocenters. The maximum Gasteiger partial charge on any atom is 0.322 e. The molecule has 3 aromatic heterocycles. The van der Waals surface area contributed by atoms with Crippen LogP contribution in [0, 0.1) is 6.92 Å². The number of H-pyrrole nitrogens is 1. The lowest BCUT2D eigenvalue weighted by atomic mass is 10.2. The Labute approximate surface area is 194 Å². The fourth-order valence-corrected chi connectivity index (χ4v) is 5.99. The normalized spacial score (nSPS) is 13.1. The summed E-state index contributed by atoms with van der Waals surface area (Å²) in [5.74, 6) is 1.04. The number of aromatic amines is 1. The lowest BCUT2D eigenvalue weighted by molar-refractivity contribution is 0.408. The zero-order chi connectivity index (χ0) is 23.2. The number of benzene rings is 2. The molecule has 0 aliphatic rings. The van der Waals surface area contributed by atoms with Gasteiger partial charge >= 0.3 is 6.01 Å². The SMILES string of the molecule is CCn1c(Oc2ccc3cc[nH]c3c2)nnc1[C@@H](C)NS(=O)(=O)c1c(C)ccc2nsnc12. The summed E-state index contributed by atoms with van der Waals surface area (Å²) < 4.78 is 45.3. The van der Waals surface area contributed by atoms with Crippen LogP contribution < -0.4 is 9.46 Å². The van der Waals surface area contributed by atoms with Crippen LogP contribution in [0.3, 0.4) is 0 Å². The molecule has 0 spiro atoms. The molecule has 1 atom stereocenters. The molecular weight excluding hydrogens is 462 g/mol. The highest BCUT2D eigenvalue weighted by Crippen LogP contribution is 2.29. The van der Waals surface area contributed by atoms with Crippen LogP contribution in [0.15, 0.2) is 47.5 Å². The van der Waals surface area contributed by atoms with E-state index in [2.05, 4.69) is 28.7 Å². The number of aromatic nitrogens is 6. The highest BCUT2D eigenvalue weighted by molar-refractivity contribution is 7.89. The van der Waals surface area contributed by atoms with Gasteiger partial charge in [0.2, 0.25) is 10.0 Å². The third-order valence-corrected chi connectivity index (χ3v) is 7.62. The first kappa shape index (κ1) is 21.5. The fourth-order valence-electron chi connectivity index (χ4n) is 3.80. The van der Waals surface area contributed by atoms with E-state index in [-0.39, 0.29) is 10.9 Å². The molecule has 5 rings (SSSR count). The van der Waals surface area contributed by atoms with Gasteiger partial charge in [-0.25, -0.2) is 13.1 Å². The van der Waals surface area contributed by atoms with Crippen molar-refractivity contribution in [2.24, 2.45) is 0 Å². The van der Waals surface area contributed by atoms with Gasteiger partial charge < -0.3 is 9.72 Å². The van der Waals surface area contributed by atoms with Crippen LogP contribution in [-0.4, -0.2) is 36.9 Å². The number of nitrogens with one attached hydrogen (secondary N) is 2. The number of fused-ring (bicyclic) bond motifs is 2. The van der Waals surface area contributed by atoms with Crippen molar-refractivity contribution < 1.29 is 13.2 Å².